The summed E-state index contributed by atoms with van der Waals surface area (Å²) in [7, 11) is 1.64. The van der Waals surface area contributed by atoms with Gasteiger partial charge in [0.15, 0.2) is 0 Å². The average molecular weight is 367 g/mol. The minimum Gasteiger partial charge on any atom is -0.478 e. The molecule has 1 amide bonds. The van der Waals surface area contributed by atoms with E-state index >= 15 is 0 Å². The van der Waals surface area contributed by atoms with Gasteiger partial charge in [0.2, 0.25) is 0 Å². The number of furan rings is 1. The van der Waals surface area contributed by atoms with Crippen molar-refractivity contribution < 1.29 is 19.1 Å². The van der Waals surface area contributed by atoms with Crippen LogP contribution in [0.4, 0.5) is 0 Å². The molecule has 0 radical (unpaired) electrons. The van der Waals surface area contributed by atoms with Crippen LogP contribution in [0.2, 0.25) is 0 Å². The van der Waals surface area contributed by atoms with Crippen molar-refractivity contribution in [2.24, 2.45) is 0 Å². The molecule has 0 atom stereocenters. The first-order valence-electron chi connectivity index (χ1n) is 8.48. The van der Waals surface area contributed by atoms with Crippen molar-refractivity contribution in [3.63, 3.8) is 0 Å². The number of rotatable bonds is 5. The first-order valence-corrected chi connectivity index (χ1v) is 8.48. The Morgan fingerprint density at radius 3 is 2.52 bits per heavy atom. The van der Waals surface area contributed by atoms with Gasteiger partial charge in [-0.05, 0) is 38.5 Å². The van der Waals surface area contributed by atoms with E-state index in [0.717, 1.165) is 16.9 Å². The van der Waals surface area contributed by atoms with Crippen molar-refractivity contribution in [3.05, 3.63) is 70.4 Å². The molecule has 0 aliphatic heterocycles. The number of hydrogen-bond donors (Lipinski definition) is 1. The zero-order valence-electron chi connectivity index (χ0n) is 15.7. The molecule has 0 spiro atoms. The molecular formula is C20H21N3O4. The summed E-state index contributed by atoms with van der Waals surface area (Å²) in [5.74, 6) is -0.517. The number of nitrogens with zero attached hydrogens (tertiary/aromatic N) is 3. The van der Waals surface area contributed by atoms with Gasteiger partial charge in [0.1, 0.15) is 17.1 Å². The van der Waals surface area contributed by atoms with Crippen molar-refractivity contribution in [2.75, 3.05) is 7.05 Å². The van der Waals surface area contributed by atoms with E-state index in [1.54, 1.807) is 24.9 Å². The molecule has 0 fully saturated rings. The van der Waals surface area contributed by atoms with Gasteiger partial charge in [0.25, 0.3) is 5.91 Å². The summed E-state index contributed by atoms with van der Waals surface area (Å²) in [5, 5.41) is 13.5. The van der Waals surface area contributed by atoms with Crippen LogP contribution in [-0.2, 0) is 6.54 Å². The van der Waals surface area contributed by atoms with Crippen LogP contribution >= 0.6 is 0 Å². The zero-order chi connectivity index (χ0) is 19.7. The molecule has 0 aliphatic carbocycles. The third kappa shape index (κ3) is 3.48. The van der Waals surface area contributed by atoms with Gasteiger partial charge < -0.3 is 14.4 Å². The SMILES string of the molecule is Cc1ccccc1-n1ncc(C(=O)N(C)Cc2cc(C(=O)O)c(C)o2)c1C. The average Bonchev–Trinajstić information content (AvgIpc) is 3.17. The molecule has 1 N–H and O–H groups in total. The molecule has 1 aromatic carbocycles. The number of amides is 1. The predicted molar refractivity (Wildman–Crippen MR) is 99.2 cm³/mol. The normalized spacial score (nSPS) is 10.8. The molecule has 0 aliphatic rings. The molecule has 0 saturated carbocycles. The highest BCUT2D eigenvalue weighted by Crippen LogP contribution is 2.20. The van der Waals surface area contributed by atoms with Crippen molar-refractivity contribution >= 4 is 11.9 Å². The highest BCUT2D eigenvalue weighted by Gasteiger charge is 2.21. The number of aryl methyl sites for hydroxylation is 2. The molecule has 27 heavy (non-hydrogen) atoms. The van der Waals surface area contributed by atoms with E-state index < -0.39 is 5.97 Å². The molecule has 3 rings (SSSR count). The quantitative estimate of drug-likeness (QED) is 0.747. The summed E-state index contributed by atoms with van der Waals surface area (Å²) in [4.78, 5) is 25.5. The number of aromatic nitrogens is 2. The molecule has 2 aromatic heterocycles. The van der Waals surface area contributed by atoms with E-state index in [2.05, 4.69) is 5.10 Å². The van der Waals surface area contributed by atoms with Crippen molar-refractivity contribution in [3.8, 4) is 5.69 Å². The van der Waals surface area contributed by atoms with Gasteiger partial charge in [-0.25, -0.2) is 9.48 Å². The second kappa shape index (κ2) is 7.11. The Kier molecular flexibility index (Phi) is 4.85. The maximum atomic E-state index is 12.8. The van der Waals surface area contributed by atoms with Gasteiger partial charge in [-0.2, -0.15) is 5.10 Å². The van der Waals surface area contributed by atoms with Crippen LogP contribution in [0.15, 0.2) is 40.9 Å². The summed E-state index contributed by atoms with van der Waals surface area (Å²) >= 11 is 0. The lowest BCUT2D eigenvalue weighted by molar-refractivity contribution is 0.0694. The van der Waals surface area contributed by atoms with Crippen molar-refractivity contribution in [1.82, 2.24) is 14.7 Å². The van der Waals surface area contributed by atoms with Gasteiger partial charge in [-0.1, -0.05) is 18.2 Å². The number of benzene rings is 1. The van der Waals surface area contributed by atoms with Gasteiger partial charge in [-0.3, -0.25) is 4.79 Å². The van der Waals surface area contributed by atoms with Crippen LogP contribution < -0.4 is 0 Å². The number of hydrogen-bond acceptors (Lipinski definition) is 4. The predicted octanol–water partition coefficient (Wildman–Crippen LogP) is 3.36. The van der Waals surface area contributed by atoms with Gasteiger partial charge in [0.05, 0.1) is 29.7 Å². The summed E-state index contributed by atoms with van der Waals surface area (Å²) in [6, 6.07) is 9.27. The third-order valence-electron chi connectivity index (χ3n) is 4.52. The Morgan fingerprint density at radius 2 is 1.89 bits per heavy atom. The third-order valence-corrected chi connectivity index (χ3v) is 4.52. The molecule has 140 valence electrons. The summed E-state index contributed by atoms with van der Waals surface area (Å²) in [5.41, 5.74) is 3.31. The number of carbonyl (C=O) groups is 2. The molecule has 7 nitrogen and oxygen atoms in total. The monoisotopic (exact) mass is 367 g/mol. The van der Waals surface area contributed by atoms with Crippen LogP contribution in [0.3, 0.4) is 0 Å². The summed E-state index contributed by atoms with van der Waals surface area (Å²) in [6.07, 6.45) is 1.55. The van der Waals surface area contributed by atoms with Gasteiger partial charge in [0, 0.05) is 7.05 Å². The minimum atomic E-state index is -1.05. The summed E-state index contributed by atoms with van der Waals surface area (Å²) < 4.78 is 7.20. The van der Waals surface area contributed by atoms with Crippen LogP contribution in [0, 0.1) is 20.8 Å². The van der Waals surface area contributed by atoms with E-state index in [4.69, 9.17) is 9.52 Å². The second-order valence-electron chi connectivity index (χ2n) is 6.49. The molecule has 0 saturated heterocycles. The first kappa shape index (κ1) is 18.4. The number of aromatic carboxylic acids is 1. The summed E-state index contributed by atoms with van der Waals surface area (Å²) in [6.45, 7) is 5.59. The number of carbonyl (C=O) groups excluding carboxylic acids is 1. The zero-order valence-corrected chi connectivity index (χ0v) is 15.7. The van der Waals surface area contributed by atoms with E-state index in [1.807, 2.05) is 38.1 Å². The highest BCUT2D eigenvalue weighted by molar-refractivity contribution is 5.95. The molecular weight excluding hydrogens is 346 g/mol. The number of carboxylic acids is 1. The van der Waals surface area contributed by atoms with Crippen LogP contribution in [0.1, 0.15) is 43.5 Å². The van der Waals surface area contributed by atoms with E-state index in [1.165, 1.54) is 11.0 Å². The van der Waals surface area contributed by atoms with Gasteiger partial charge in [-0.15, -0.1) is 0 Å². The van der Waals surface area contributed by atoms with Crippen LogP contribution in [-0.4, -0.2) is 38.7 Å². The molecule has 0 unspecified atom stereocenters. The number of para-hydroxylation sites is 1. The minimum absolute atomic E-state index is 0.106. The van der Waals surface area contributed by atoms with E-state index in [-0.39, 0.29) is 18.0 Å². The van der Waals surface area contributed by atoms with Gasteiger partial charge >= 0.3 is 5.97 Å². The number of carboxylic acid groups (broad SMARTS) is 1. The standard InChI is InChI=1S/C20H21N3O4/c1-12-7-5-6-8-18(12)23-13(2)17(10-21-23)19(24)22(4)11-15-9-16(20(25)26)14(3)27-15/h5-10H,11H2,1-4H3,(H,25,26). The first-order chi connectivity index (χ1) is 12.8. The second-order valence-corrected chi connectivity index (χ2v) is 6.49. The maximum Gasteiger partial charge on any atom is 0.339 e. The van der Waals surface area contributed by atoms with Crippen molar-refractivity contribution in [1.29, 1.82) is 0 Å². The van der Waals surface area contributed by atoms with E-state index in [9.17, 15) is 9.59 Å². The smallest absolute Gasteiger partial charge is 0.339 e. The highest BCUT2D eigenvalue weighted by atomic mass is 16.4. The molecule has 7 heteroatoms. The molecule has 2 heterocycles. The lowest BCUT2D eigenvalue weighted by Crippen LogP contribution is -2.26. The Hall–Kier alpha value is -3.35. The lowest BCUT2D eigenvalue weighted by atomic mass is 10.2. The fourth-order valence-electron chi connectivity index (χ4n) is 3.01. The maximum absolute atomic E-state index is 12.8. The van der Waals surface area contributed by atoms with Crippen LogP contribution in [0.5, 0.6) is 0 Å². The van der Waals surface area contributed by atoms with E-state index in [0.29, 0.717) is 17.1 Å². The fourth-order valence-corrected chi connectivity index (χ4v) is 3.01. The Bertz CT molecular complexity index is 1020. The van der Waals surface area contributed by atoms with Crippen molar-refractivity contribution in [2.45, 2.75) is 27.3 Å². The topological polar surface area (TPSA) is 88.6 Å². The lowest BCUT2D eigenvalue weighted by Gasteiger charge is -2.15. The Morgan fingerprint density at radius 1 is 1.19 bits per heavy atom. The Labute approximate surface area is 156 Å². The van der Waals surface area contributed by atoms with Crippen LogP contribution in [0.25, 0.3) is 5.69 Å². The molecule has 3 aromatic rings. The fraction of sp³-hybridized carbons (Fsp3) is 0.250. The molecule has 0 bridgehead atoms. The Balaban J connectivity index is 1.83. The largest absolute Gasteiger partial charge is 0.478 e.